The summed E-state index contributed by atoms with van der Waals surface area (Å²) < 4.78 is 44.1. The minimum absolute atomic E-state index is 0.0205. The van der Waals surface area contributed by atoms with Crippen molar-refractivity contribution in [3.63, 3.8) is 0 Å². The van der Waals surface area contributed by atoms with Crippen LogP contribution in [0.5, 0.6) is 17.2 Å². The Morgan fingerprint density at radius 2 is 1.57 bits per heavy atom. The van der Waals surface area contributed by atoms with E-state index in [2.05, 4.69) is 15.4 Å². The molecule has 1 aliphatic heterocycles. The molecule has 182 valence electrons. The molecular weight excluding hydrogens is 474 g/mol. The van der Waals surface area contributed by atoms with E-state index in [1.54, 1.807) is 24.3 Å². The summed E-state index contributed by atoms with van der Waals surface area (Å²) in [6.45, 7) is 2.11. The maximum atomic E-state index is 12.8. The fraction of sp³-hybridized carbons (Fsp3) is 0.167. The molecule has 0 unspecified atom stereocenters. The molecule has 1 aliphatic rings. The number of rotatable bonds is 7. The van der Waals surface area contributed by atoms with Crippen LogP contribution in [0.3, 0.4) is 0 Å². The minimum atomic E-state index is -3.89. The summed E-state index contributed by atoms with van der Waals surface area (Å²) in [5.41, 5.74) is 1.32. The van der Waals surface area contributed by atoms with E-state index in [1.165, 1.54) is 50.4 Å². The molecule has 11 heteroatoms. The zero-order valence-corrected chi connectivity index (χ0v) is 19.8. The SMILES string of the molecule is COc1ccc(NC(C)=O)c(NC(=O)c2ccc(NS(=O)(=O)c3ccc4c(c3)OCCO4)cc2)c1. The number of sulfonamides is 1. The monoisotopic (exact) mass is 497 g/mol. The van der Waals surface area contributed by atoms with E-state index < -0.39 is 15.9 Å². The molecule has 0 fully saturated rings. The first-order valence-electron chi connectivity index (χ1n) is 10.5. The average molecular weight is 498 g/mol. The van der Waals surface area contributed by atoms with Crippen LogP contribution in [0, 0.1) is 0 Å². The van der Waals surface area contributed by atoms with Crippen LogP contribution in [0.15, 0.2) is 65.6 Å². The summed E-state index contributed by atoms with van der Waals surface area (Å²) >= 11 is 0. The maximum Gasteiger partial charge on any atom is 0.262 e. The van der Waals surface area contributed by atoms with Crippen molar-refractivity contribution in [1.29, 1.82) is 0 Å². The van der Waals surface area contributed by atoms with Crippen LogP contribution in [-0.4, -0.2) is 40.6 Å². The Hall–Kier alpha value is -4.25. The highest BCUT2D eigenvalue weighted by atomic mass is 32.2. The molecule has 10 nitrogen and oxygen atoms in total. The van der Waals surface area contributed by atoms with Gasteiger partial charge in [0.15, 0.2) is 11.5 Å². The van der Waals surface area contributed by atoms with E-state index in [0.717, 1.165) is 0 Å². The second-order valence-corrected chi connectivity index (χ2v) is 9.22. The van der Waals surface area contributed by atoms with Crippen LogP contribution in [0.4, 0.5) is 17.1 Å². The van der Waals surface area contributed by atoms with Crippen LogP contribution in [0.2, 0.25) is 0 Å². The van der Waals surface area contributed by atoms with Gasteiger partial charge in [-0.1, -0.05) is 0 Å². The van der Waals surface area contributed by atoms with Gasteiger partial charge < -0.3 is 24.8 Å². The number of fused-ring (bicyclic) bond motifs is 1. The summed E-state index contributed by atoms with van der Waals surface area (Å²) in [6.07, 6.45) is 0. The third-order valence-electron chi connectivity index (χ3n) is 5.01. The molecule has 0 aliphatic carbocycles. The van der Waals surface area contributed by atoms with Gasteiger partial charge in [-0.2, -0.15) is 0 Å². The summed E-state index contributed by atoms with van der Waals surface area (Å²) in [5, 5.41) is 5.38. The first-order valence-corrected chi connectivity index (χ1v) is 12.0. The van der Waals surface area contributed by atoms with Gasteiger partial charge in [0.05, 0.1) is 23.4 Å². The second kappa shape index (κ2) is 9.94. The highest BCUT2D eigenvalue weighted by molar-refractivity contribution is 7.92. The number of benzene rings is 3. The Kier molecular flexibility index (Phi) is 6.78. The Bertz CT molecular complexity index is 1370. The number of hydrogen-bond acceptors (Lipinski definition) is 7. The molecule has 0 bridgehead atoms. The molecule has 0 saturated carbocycles. The van der Waals surface area contributed by atoms with Crippen LogP contribution in [0.1, 0.15) is 17.3 Å². The van der Waals surface area contributed by atoms with Crippen LogP contribution in [0.25, 0.3) is 0 Å². The van der Waals surface area contributed by atoms with E-state index >= 15 is 0 Å². The fourth-order valence-corrected chi connectivity index (χ4v) is 4.42. The molecule has 3 aromatic carbocycles. The fourth-order valence-electron chi connectivity index (χ4n) is 3.34. The smallest absolute Gasteiger partial charge is 0.262 e. The Morgan fingerprint density at radius 1 is 0.857 bits per heavy atom. The van der Waals surface area contributed by atoms with Crippen LogP contribution in [-0.2, 0) is 14.8 Å². The molecular formula is C24H23N3O7S. The van der Waals surface area contributed by atoms with Gasteiger partial charge in [0.2, 0.25) is 5.91 Å². The Morgan fingerprint density at radius 3 is 2.26 bits per heavy atom. The van der Waals surface area contributed by atoms with Gasteiger partial charge in [0.1, 0.15) is 19.0 Å². The third kappa shape index (κ3) is 5.64. The lowest BCUT2D eigenvalue weighted by Crippen LogP contribution is -2.17. The van der Waals surface area contributed by atoms with E-state index in [9.17, 15) is 18.0 Å². The quantitative estimate of drug-likeness (QED) is 0.455. The van der Waals surface area contributed by atoms with Crippen molar-refractivity contribution in [3.8, 4) is 17.2 Å². The van der Waals surface area contributed by atoms with Crippen molar-refractivity contribution in [2.75, 3.05) is 35.7 Å². The molecule has 0 radical (unpaired) electrons. The summed E-state index contributed by atoms with van der Waals surface area (Å²) in [5.74, 6) is 0.607. The van der Waals surface area contributed by atoms with Crippen molar-refractivity contribution in [1.82, 2.24) is 0 Å². The maximum absolute atomic E-state index is 12.8. The minimum Gasteiger partial charge on any atom is -0.497 e. The van der Waals surface area contributed by atoms with Crippen LogP contribution >= 0.6 is 0 Å². The van der Waals surface area contributed by atoms with Gasteiger partial charge in [0.25, 0.3) is 15.9 Å². The van der Waals surface area contributed by atoms with Crippen LogP contribution < -0.4 is 29.6 Å². The van der Waals surface area contributed by atoms with Crippen molar-refractivity contribution >= 4 is 38.9 Å². The molecule has 0 saturated heterocycles. The molecule has 0 atom stereocenters. The van der Waals surface area contributed by atoms with Crippen molar-refractivity contribution < 1.29 is 32.2 Å². The third-order valence-corrected chi connectivity index (χ3v) is 6.39. The zero-order valence-electron chi connectivity index (χ0n) is 19.0. The lowest BCUT2D eigenvalue weighted by Gasteiger charge is -2.19. The molecule has 3 aromatic rings. The van der Waals surface area contributed by atoms with Crippen molar-refractivity contribution in [3.05, 3.63) is 66.2 Å². The van der Waals surface area contributed by atoms with E-state index in [0.29, 0.717) is 41.8 Å². The Labute approximate surface area is 202 Å². The highest BCUT2D eigenvalue weighted by Crippen LogP contribution is 2.33. The number of methoxy groups -OCH3 is 1. The molecule has 4 rings (SSSR count). The van der Waals surface area contributed by atoms with E-state index in [1.807, 2.05) is 0 Å². The van der Waals surface area contributed by atoms with Crippen molar-refractivity contribution in [2.24, 2.45) is 0 Å². The molecule has 3 N–H and O–H groups in total. The van der Waals surface area contributed by atoms with Gasteiger partial charge in [-0.25, -0.2) is 8.42 Å². The lowest BCUT2D eigenvalue weighted by molar-refractivity contribution is -0.114. The molecule has 1 heterocycles. The predicted molar refractivity (Wildman–Crippen MR) is 130 cm³/mol. The number of hydrogen-bond donors (Lipinski definition) is 3. The van der Waals surface area contributed by atoms with Gasteiger partial charge in [0, 0.05) is 30.3 Å². The van der Waals surface area contributed by atoms with Gasteiger partial charge >= 0.3 is 0 Å². The number of ether oxygens (including phenoxy) is 3. The van der Waals surface area contributed by atoms with E-state index in [-0.39, 0.29) is 22.1 Å². The normalized spacial score (nSPS) is 12.4. The molecule has 2 amide bonds. The number of carbonyl (C=O) groups excluding carboxylic acids is 2. The standard InChI is InChI=1S/C24H23N3O7S/c1-15(28)25-20-9-7-18(32-2)13-21(20)26-24(29)16-3-5-17(6-4-16)27-35(30,31)19-8-10-22-23(14-19)34-12-11-33-22/h3-10,13-14,27H,11-12H2,1-2H3,(H,25,28)(H,26,29). The van der Waals surface area contributed by atoms with Crippen molar-refractivity contribution in [2.45, 2.75) is 11.8 Å². The number of nitrogens with one attached hydrogen (secondary N) is 3. The average Bonchev–Trinajstić information content (AvgIpc) is 2.84. The van der Waals surface area contributed by atoms with Gasteiger partial charge in [-0.15, -0.1) is 0 Å². The highest BCUT2D eigenvalue weighted by Gasteiger charge is 2.20. The summed E-state index contributed by atoms with van der Waals surface area (Å²) in [4.78, 5) is 24.3. The van der Waals surface area contributed by atoms with E-state index in [4.69, 9.17) is 14.2 Å². The summed E-state index contributed by atoms with van der Waals surface area (Å²) in [7, 11) is -2.40. The Balaban J connectivity index is 1.48. The molecule has 35 heavy (non-hydrogen) atoms. The topological polar surface area (TPSA) is 132 Å². The first-order chi connectivity index (χ1) is 16.7. The summed E-state index contributed by atoms with van der Waals surface area (Å²) in [6, 6.07) is 15.1. The number of carbonyl (C=O) groups is 2. The molecule has 0 aromatic heterocycles. The second-order valence-electron chi connectivity index (χ2n) is 7.54. The largest absolute Gasteiger partial charge is 0.497 e. The predicted octanol–water partition coefficient (Wildman–Crippen LogP) is 3.48. The van der Waals surface area contributed by atoms with Gasteiger partial charge in [-0.05, 0) is 48.5 Å². The number of amides is 2. The van der Waals surface area contributed by atoms with Gasteiger partial charge in [-0.3, -0.25) is 14.3 Å². The first kappa shape index (κ1) is 23.9. The lowest BCUT2D eigenvalue weighted by atomic mass is 10.2. The molecule has 0 spiro atoms. The zero-order chi connectivity index (χ0) is 25.0. The number of anilines is 3.